The molecular weight excluding hydrogens is 398 g/mol. The van der Waals surface area contributed by atoms with E-state index in [-0.39, 0.29) is 6.61 Å². The number of pyridine rings is 2. The van der Waals surface area contributed by atoms with Crippen molar-refractivity contribution in [2.45, 2.75) is 52.7 Å². The van der Waals surface area contributed by atoms with Gasteiger partial charge in [-0.25, -0.2) is 4.57 Å². The van der Waals surface area contributed by atoms with Gasteiger partial charge in [0.05, 0.1) is 30.2 Å². The Balaban J connectivity index is 1.85. The summed E-state index contributed by atoms with van der Waals surface area (Å²) >= 11 is 0. The lowest BCUT2D eigenvalue weighted by molar-refractivity contribution is -0.688. The first-order chi connectivity index (χ1) is 15.7. The highest BCUT2D eigenvalue weighted by Crippen LogP contribution is 2.29. The fraction of sp³-hybridized carbons (Fsp3) is 0.407. The Labute approximate surface area is 192 Å². The minimum absolute atomic E-state index is 0.0600. The Hall–Kier alpha value is -2.76. The highest BCUT2D eigenvalue weighted by molar-refractivity contribution is 5.46. The molecule has 3 rings (SSSR count). The van der Waals surface area contributed by atoms with Gasteiger partial charge in [-0.15, -0.1) is 0 Å². The molecule has 0 spiro atoms. The quantitative estimate of drug-likeness (QED) is 0.316. The first kappa shape index (κ1) is 23.9. The Morgan fingerprint density at radius 1 is 0.969 bits per heavy atom. The van der Waals surface area contributed by atoms with Gasteiger partial charge in [-0.1, -0.05) is 43.3 Å². The van der Waals surface area contributed by atoms with Crippen LogP contribution in [-0.4, -0.2) is 29.8 Å². The second-order valence-electron chi connectivity index (χ2n) is 8.10. The Kier molecular flexibility index (Phi) is 9.66. The lowest BCUT2D eigenvalue weighted by atomic mass is 9.99. The summed E-state index contributed by atoms with van der Waals surface area (Å²) in [4.78, 5) is 4.87. The molecule has 5 nitrogen and oxygen atoms in total. The topological polar surface area (TPSA) is 58.3 Å². The first-order valence-corrected chi connectivity index (χ1v) is 11.7. The van der Waals surface area contributed by atoms with Crippen LogP contribution in [0.1, 0.15) is 54.3 Å². The SMILES string of the molecule is CCCNCCCCOc1c(C)nc(Cc2ccccc2)c(CO)c1C[n+]1ccccc1. The van der Waals surface area contributed by atoms with E-state index in [4.69, 9.17) is 9.72 Å². The molecule has 170 valence electrons. The lowest BCUT2D eigenvalue weighted by Gasteiger charge is -2.18. The van der Waals surface area contributed by atoms with Crippen LogP contribution in [0.4, 0.5) is 0 Å². The zero-order valence-electron chi connectivity index (χ0n) is 19.4. The van der Waals surface area contributed by atoms with E-state index in [1.54, 1.807) is 0 Å². The standard InChI is InChI=1S/C27H36N3O2/c1-3-14-28-15-8-11-18-32-27-22(2)29-26(19-23-12-6-4-7-13-23)25(21-31)24(27)20-30-16-9-5-10-17-30/h4-7,9-10,12-13,16-17,28,31H,3,8,11,14-15,18-21H2,1-2H3/q+1. The molecule has 0 amide bonds. The number of ether oxygens (including phenoxy) is 1. The van der Waals surface area contributed by atoms with Crippen molar-refractivity contribution in [3.05, 3.63) is 89.0 Å². The number of hydrogen-bond donors (Lipinski definition) is 2. The molecule has 0 unspecified atom stereocenters. The van der Waals surface area contributed by atoms with Gasteiger partial charge < -0.3 is 15.2 Å². The molecule has 32 heavy (non-hydrogen) atoms. The van der Waals surface area contributed by atoms with Gasteiger partial charge in [-0.3, -0.25) is 4.98 Å². The van der Waals surface area contributed by atoms with E-state index in [0.29, 0.717) is 19.6 Å². The van der Waals surface area contributed by atoms with Gasteiger partial charge in [0.25, 0.3) is 0 Å². The third-order valence-corrected chi connectivity index (χ3v) is 5.53. The van der Waals surface area contributed by atoms with Crippen molar-refractivity contribution in [2.24, 2.45) is 0 Å². The number of nitrogens with zero attached hydrogens (tertiary/aromatic N) is 2. The summed E-state index contributed by atoms with van der Waals surface area (Å²) in [6, 6.07) is 16.3. The van der Waals surface area contributed by atoms with Crippen molar-refractivity contribution in [3.63, 3.8) is 0 Å². The number of hydrogen-bond acceptors (Lipinski definition) is 4. The van der Waals surface area contributed by atoms with Crippen molar-refractivity contribution in [1.82, 2.24) is 10.3 Å². The number of aliphatic hydroxyl groups is 1. The van der Waals surface area contributed by atoms with Crippen LogP contribution >= 0.6 is 0 Å². The number of nitrogens with one attached hydrogen (secondary N) is 1. The van der Waals surface area contributed by atoms with E-state index in [1.165, 1.54) is 5.56 Å². The smallest absolute Gasteiger partial charge is 0.177 e. The van der Waals surface area contributed by atoms with E-state index >= 15 is 0 Å². The molecule has 2 N–H and O–H groups in total. The third kappa shape index (κ3) is 6.87. The maximum atomic E-state index is 10.3. The highest BCUT2D eigenvalue weighted by atomic mass is 16.5. The van der Waals surface area contributed by atoms with Gasteiger partial charge in [-0.05, 0) is 44.8 Å². The lowest BCUT2D eigenvalue weighted by Crippen LogP contribution is -2.34. The molecule has 2 heterocycles. The van der Waals surface area contributed by atoms with E-state index in [9.17, 15) is 5.11 Å². The normalized spacial score (nSPS) is 11.0. The molecule has 0 radical (unpaired) electrons. The van der Waals surface area contributed by atoms with Gasteiger partial charge in [0.15, 0.2) is 18.9 Å². The minimum Gasteiger partial charge on any atom is -0.491 e. The summed E-state index contributed by atoms with van der Waals surface area (Å²) in [7, 11) is 0. The molecule has 3 aromatic rings. The van der Waals surface area contributed by atoms with Crippen LogP contribution < -0.4 is 14.6 Å². The van der Waals surface area contributed by atoms with E-state index in [1.807, 2.05) is 55.7 Å². The molecular formula is C27H36N3O2+. The fourth-order valence-corrected chi connectivity index (χ4v) is 3.88. The van der Waals surface area contributed by atoms with Gasteiger partial charge in [0, 0.05) is 24.1 Å². The molecule has 0 bridgehead atoms. The molecule has 0 aliphatic rings. The van der Waals surface area contributed by atoms with Gasteiger partial charge in [0.1, 0.15) is 5.75 Å². The number of benzene rings is 1. The fourth-order valence-electron chi connectivity index (χ4n) is 3.88. The molecule has 0 aliphatic heterocycles. The Morgan fingerprint density at radius 3 is 2.44 bits per heavy atom. The predicted molar refractivity (Wildman–Crippen MR) is 128 cm³/mol. The number of aromatic nitrogens is 2. The maximum absolute atomic E-state index is 10.3. The summed E-state index contributed by atoms with van der Waals surface area (Å²) < 4.78 is 8.39. The molecule has 0 fully saturated rings. The Bertz CT molecular complexity index is 946. The van der Waals surface area contributed by atoms with Crippen LogP contribution in [0.5, 0.6) is 5.75 Å². The second-order valence-corrected chi connectivity index (χ2v) is 8.10. The van der Waals surface area contributed by atoms with Gasteiger partial charge in [-0.2, -0.15) is 0 Å². The third-order valence-electron chi connectivity index (χ3n) is 5.53. The number of aryl methyl sites for hydroxylation is 1. The van der Waals surface area contributed by atoms with Crippen molar-refractivity contribution in [2.75, 3.05) is 19.7 Å². The van der Waals surface area contributed by atoms with Gasteiger partial charge in [0.2, 0.25) is 0 Å². The van der Waals surface area contributed by atoms with Crippen LogP contribution in [-0.2, 0) is 19.6 Å². The van der Waals surface area contributed by atoms with Crippen molar-refractivity contribution in [3.8, 4) is 5.75 Å². The van der Waals surface area contributed by atoms with Gasteiger partial charge >= 0.3 is 0 Å². The Morgan fingerprint density at radius 2 is 1.72 bits per heavy atom. The summed E-state index contributed by atoms with van der Waals surface area (Å²) in [6.45, 7) is 7.48. The summed E-state index contributed by atoms with van der Waals surface area (Å²) in [6.07, 6.45) is 7.98. The number of unbranched alkanes of at least 4 members (excludes halogenated alkanes) is 1. The molecule has 0 saturated heterocycles. The highest BCUT2D eigenvalue weighted by Gasteiger charge is 2.22. The summed E-state index contributed by atoms with van der Waals surface area (Å²) in [5.41, 5.74) is 4.87. The van der Waals surface area contributed by atoms with Crippen molar-refractivity contribution < 1.29 is 14.4 Å². The largest absolute Gasteiger partial charge is 0.491 e. The summed E-state index contributed by atoms with van der Waals surface area (Å²) in [5.74, 6) is 0.809. The van der Waals surface area contributed by atoms with E-state index in [0.717, 1.165) is 60.6 Å². The monoisotopic (exact) mass is 434 g/mol. The zero-order valence-corrected chi connectivity index (χ0v) is 19.4. The first-order valence-electron chi connectivity index (χ1n) is 11.7. The van der Waals surface area contributed by atoms with E-state index in [2.05, 4.69) is 28.9 Å². The van der Waals surface area contributed by atoms with Crippen molar-refractivity contribution in [1.29, 1.82) is 0 Å². The van der Waals surface area contributed by atoms with Crippen molar-refractivity contribution >= 4 is 0 Å². The average Bonchev–Trinajstić information content (AvgIpc) is 2.81. The minimum atomic E-state index is -0.0600. The molecule has 2 aromatic heterocycles. The second kappa shape index (κ2) is 12.9. The molecule has 0 saturated carbocycles. The predicted octanol–water partition coefficient (Wildman–Crippen LogP) is 3.97. The van der Waals surface area contributed by atoms with Crippen LogP contribution in [0, 0.1) is 6.92 Å². The van der Waals surface area contributed by atoms with Crippen LogP contribution in [0.3, 0.4) is 0 Å². The van der Waals surface area contributed by atoms with E-state index < -0.39 is 0 Å². The molecule has 0 atom stereocenters. The van der Waals surface area contributed by atoms with Crippen LogP contribution in [0.2, 0.25) is 0 Å². The number of rotatable bonds is 13. The zero-order chi connectivity index (χ0) is 22.6. The molecule has 5 heteroatoms. The maximum Gasteiger partial charge on any atom is 0.177 e. The number of aliphatic hydroxyl groups excluding tert-OH is 1. The summed E-state index contributed by atoms with van der Waals surface area (Å²) in [5, 5.41) is 13.8. The van der Waals surface area contributed by atoms with Crippen LogP contribution in [0.25, 0.3) is 0 Å². The average molecular weight is 435 g/mol. The molecule has 0 aliphatic carbocycles. The van der Waals surface area contributed by atoms with Crippen LogP contribution in [0.15, 0.2) is 60.9 Å². The molecule has 1 aromatic carbocycles.